The van der Waals surface area contributed by atoms with Gasteiger partial charge in [-0.1, -0.05) is 13.8 Å². The number of aliphatic hydroxyl groups excluding tert-OH is 1. The SMILES string of the molecule is CC(C)[C@@H](NC(=O)[C@@H](N)[C@@H](C)O)C(=O)O. The second-order valence-electron chi connectivity index (χ2n) is 3.83. The lowest BCUT2D eigenvalue weighted by atomic mass is 10.0. The molecule has 0 aromatic carbocycles. The van der Waals surface area contributed by atoms with Crippen molar-refractivity contribution in [3.63, 3.8) is 0 Å². The number of carbonyl (C=O) groups is 2. The zero-order valence-corrected chi connectivity index (χ0v) is 9.10. The van der Waals surface area contributed by atoms with Crippen LogP contribution in [0.15, 0.2) is 0 Å². The molecule has 15 heavy (non-hydrogen) atoms. The lowest BCUT2D eigenvalue weighted by Crippen LogP contribution is -2.53. The van der Waals surface area contributed by atoms with Gasteiger partial charge in [0.2, 0.25) is 5.91 Å². The third-order valence-corrected chi connectivity index (χ3v) is 2.05. The number of carboxylic acids is 1. The molecule has 1 amide bonds. The first-order valence-corrected chi connectivity index (χ1v) is 4.74. The second-order valence-corrected chi connectivity index (χ2v) is 3.83. The van der Waals surface area contributed by atoms with Crippen molar-refractivity contribution in [2.24, 2.45) is 11.7 Å². The van der Waals surface area contributed by atoms with Crippen LogP contribution in [0.3, 0.4) is 0 Å². The fraction of sp³-hybridized carbons (Fsp3) is 0.778. The van der Waals surface area contributed by atoms with Crippen LogP contribution in [-0.4, -0.2) is 40.3 Å². The fourth-order valence-corrected chi connectivity index (χ4v) is 0.982. The number of nitrogens with two attached hydrogens (primary N) is 1. The summed E-state index contributed by atoms with van der Waals surface area (Å²) >= 11 is 0. The largest absolute Gasteiger partial charge is 0.480 e. The van der Waals surface area contributed by atoms with Crippen molar-refractivity contribution in [3.8, 4) is 0 Å². The maximum atomic E-state index is 11.3. The van der Waals surface area contributed by atoms with E-state index in [-0.39, 0.29) is 5.92 Å². The van der Waals surface area contributed by atoms with Gasteiger partial charge in [0, 0.05) is 0 Å². The molecule has 0 aliphatic heterocycles. The standard InChI is InChI=1S/C9H18N2O4/c1-4(2)7(9(14)15)11-8(13)6(10)5(3)12/h4-7,12H,10H2,1-3H3,(H,11,13)(H,14,15)/t5-,6+,7-/m1/s1. The zero-order valence-electron chi connectivity index (χ0n) is 9.10. The highest BCUT2D eigenvalue weighted by Crippen LogP contribution is 2.02. The highest BCUT2D eigenvalue weighted by molar-refractivity contribution is 5.87. The van der Waals surface area contributed by atoms with Gasteiger partial charge in [-0.3, -0.25) is 4.79 Å². The van der Waals surface area contributed by atoms with Crippen LogP contribution >= 0.6 is 0 Å². The number of rotatable bonds is 5. The number of amides is 1. The van der Waals surface area contributed by atoms with E-state index in [0.717, 1.165) is 0 Å². The highest BCUT2D eigenvalue weighted by Gasteiger charge is 2.27. The van der Waals surface area contributed by atoms with Gasteiger partial charge in [0.15, 0.2) is 0 Å². The Labute approximate surface area is 88.5 Å². The van der Waals surface area contributed by atoms with Crippen LogP contribution in [0.4, 0.5) is 0 Å². The minimum absolute atomic E-state index is 0.243. The maximum absolute atomic E-state index is 11.3. The number of nitrogens with one attached hydrogen (secondary N) is 1. The molecular weight excluding hydrogens is 200 g/mol. The molecule has 0 saturated heterocycles. The van der Waals surface area contributed by atoms with Gasteiger partial charge in [0.25, 0.3) is 0 Å². The average molecular weight is 218 g/mol. The van der Waals surface area contributed by atoms with Crippen LogP contribution in [0.25, 0.3) is 0 Å². The van der Waals surface area contributed by atoms with Crippen molar-refractivity contribution in [3.05, 3.63) is 0 Å². The van der Waals surface area contributed by atoms with E-state index in [9.17, 15) is 9.59 Å². The molecule has 0 aliphatic rings. The first kappa shape index (κ1) is 13.9. The Kier molecular flexibility index (Phi) is 5.24. The monoisotopic (exact) mass is 218 g/mol. The third kappa shape index (κ3) is 4.26. The number of carboxylic acid groups (broad SMARTS) is 1. The topological polar surface area (TPSA) is 113 Å². The first-order chi connectivity index (χ1) is 6.77. The Morgan fingerprint density at radius 1 is 1.27 bits per heavy atom. The first-order valence-electron chi connectivity index (χ1n) is 4.74. The van der Waals surface area contributed by atoms with Crippen molar-refractivity contribution in [2.45, 2.75) is 39.0 Å². The van der Waals surface area contributed by atoms with Gasteiger partial charge in [-0.25, -0.2) is 4.79 Å². The molecule has 0 bridgehead atoms. The number of hydrogen-bond donors (Lipinski definition) is 4. The molecule has 0 aromatic heterocycles. The summed E-state index contributed by atoms with van der Waals surface area (Å²) in [6.07, 6.45) is -1.01. The quantitative estimate of drug-likeness (QED) is 0.469. The fourth-order valence-electron chi connectivity index (χ4n) is 0.982. The molecule has 3 atom stereocenters. The molecule has 0 rings (SSSR count). The number of aliphatic carboxylic acids is 1. The minimum atomic E-state index is -1.11. The van der Waals surface area contributed by atoms with E-state index >= 15 is 0 Å². The van der Waals surface area contributed by atoms with Gasteiger partial charge >= 0.3 is 5.97 Å². The summed E-state index contributed by atoms with van der Waals surface area (Å²) in [4.78, 5) is 22.1. The van der Waals surface area contributed by atoms with Crippen molar-refractivity contribution in [1.82, 2.24) is 5.32 Å². The molecule has 5 N–H and O–H groups in total. The summed E-state index contributed by atoms with van der Waals surface area (Å²) < 4.78 is 0. The van der Waals surface area contributed by atoms with Crippen LogP contribution in [0, 0.1) is 5.92 Å². The van der Waals surface area contributed by atoms with E-state index in [1.165, 1.54) is 6.92 Å². The van der Waals surface area contributed by atoms with Crippen LogP contribution in [0.2, 0.25) is 0 Å². The molecule has 0 heterocycles. The molecule has 0 fully saturated rings. The Hall–Kier alpha value is -1.14. The van der Waals surface area contributed by atoms with E-state index in [2.05, 4.69) is 5.32 Å². The average Bonchev–Trinajstić information content (AvgIpc) is 2.11. The third-order valence-electron chi connectivity index (χ3n) is 2.05. The lowest BCUT2D eigenvalue weighted by Gasteiger charge is -2.21. The second kappa shape index (κ2) is 5.67. The summed E-state index contributed by atoms with van der Waals surface area (Å²) in [6.45, 7) is 4.72. The molecule has 0 unspecified atom stereocenters. The highest BCUT2D eigenvalue weighted by atomic mass is 16.4. The van der Waals surface area contributed by atoms with Gasteiger partial charge in [0.05, 0.1) is 6.10 Å². The Morgan fingerprint density at radius 2 is 1.73 bits per heavy atom. The van der Waals surface area contributed by atoms with E-state index in [1.807, 2.05) is 0 Å². The molecule has 0 spiro atoms. The summed E-state index contributed by atoms with van der Waals surface area (Å²) in [5.41, 5.74) is 5.35. The minimum Gasteiger partial charge on any atom is -0.480 e. The molecule has 0 aliphatic carbocycles. The molecule has 0 radical (unpaired) electrons. The van der Waals surface area contributed by atoms with Crippen LogP contribution < -0.4 is 11.1 Å². The zero-order chi connectivity index (χ0) is 12.2. The molecule has 0 aromatic rings. The molecule has 0 saturated carbocycles. The van der Waals surface area contributed by atoms with Gasteiger partial charge in [-0.15, -0.1) is 0 Å². The summed E-state index contributed by atoms with van der Waals surface area (Å²) in [7, 11) is 0. The predicted molar refractivity (Wildman–Crippen MR) is 54.1 cm³/mol. The van der Waals surface area contributed by atoms with Gasteiger partial charge in [-0.05, 0) is 12.8 Å². The molecular formula is C9H18N2O4. The normalized spacial score (nSPS) is 16.9. The van der Waals surface area contributed by atoms with Crippen molar-refractivity contribution in [2.75, 3.05) is 0 Å². The van der Waals surface area contributed by atoms with Crippen molar-refractivity contribution < 1.29 is 19.8 Å². The summed E-state index contributed by atoms with van der Waals surface area (Å²) in [6, 6.07) is -2.09. The summed E-state index contributed by atoms with van der Waals surface area (Å²) in [5, 5.41) is 20.1. The van der Waals surface area contributed by atoms with Crippen LogP contribution in [0.1, 0.15) is 20.8 Å². The van der Waals surface area contributed by atoms with E-state index in [4.69, 9.17) is 15.9 Å². The molecule has 6 heteroatoms. The Morgan fingerprint density at radius 3 is 2.00 bits per heavy atom. The van der Waals surface area contributed by atoms with Crippen molar-refractivity contribution in [1.29, 1.82) is 0 Å². The number of hydrogen-bond acceptors (Lipinski definition) is 4. The summed E-state index contributed by atoms with van der Waals surface area (Å²) in [5.74, 6) is -2.02. The molecule has 6 nitrogen and oxygen atoms in total. The lowest BCUT2D eigenvalue weighted by molar-refractivity contribution is -0.143. The van der Waals surface area contributed by atoms with Crippen molar-refractivity contribution >= 4 is 11.9 Å². The van der Waals surface area contributed by atoms with E-state index < -0.39 is 30.1 Å². The van der Waals surface area contributed by atoms with Crippen LogP contribution in [0.5, 0.6) is 0 Å². The maximum Gasteiger partial charge on any atom is 0.326 e. The smallest absolute Gasteiger partial charge is 0.326 e. The Balaban J connectivity index is 4.43. The number of aliphatic hydroxyl groups is 1. The predicted octanol–water partition coefficient (Wildman–Crippen LogP) is -1.08. The Bertz CT molecular complexity index is 240. The van der Waals surface area contributed by atoms with Crippen LogP contribution in [-0.2, 0) is 9.59 Å². The van der Waals surface area contributed by atoms with E-state index in [0.29, 0.717) is 0 Å². The van der Waals surface area contributed by atoms with Gasteiger partial charge in [0.1, 0.15) is 12.1 Å². The van der Waals surface area contributed by atoms with E-state index in [1.54, 1.807) is 13.8 Å². The molecule has 88 valence electrons. The van der Waals surface area contributed by atoms with Gasteiger partial charge < -0.3 is 21.3 Å². The van der Waals surface area contributed by atoms with Gasteiger partial charge in [-0.2, -0.15) is 0 Å². The number of carbonyl (C=O) groups excluding carboxylic acids is 1.